The van der Waals surface area contributed by atoms with Crippen LogP contribution in [0.1, 0.15) is 16.8 Å². The van der Waals surface area contributed by atoms with Crippen molar-refractivity contribution in [1.82, 2.24) is 14.7 Å². The van der Waals surface area contributed by atoms with E-state index in [-0.39, 0.29) is 18.5 Å². The van der Waals surface area contributed by atoms with E-state index >= 15 is 0 Å². The van der Waals surface area contributed by atoms with Crippen molar-refractivity contribution < 1.29 is 14.7 Å². The van der Waals surface area contributed by atoms with Crippen LogP contribution < -0.4 is 10.9 Å². The molecule has 2 N–H and O–H groups in total. The number of amides is 1. The fourth-order valence-corrected chi connectivity index (χ4v) is 1.56. The van der Waals surface area contributed by atoms with Gasteiger partial charge in [0.15, 0.2) is 0 Å². The molecule has 0 fully saturated rings. The number of carboxylic acid groups (broad SMARTS) is 1. The fourth-order valence-electron chi connectivity index (χ4n) is 1.56. The Balaban J connectivity index is 2.25. The maximum atomic E-state index is 12.0. The van der Waals surface area contributed by atoms with Gasteiger partial charge < -0.3 is 10.4 Å². The van der Waals surface area contributed by atoms with Crippen LogP contribution in [0.25, 0.3) is 5.65 Å². The maximum absolute atomic E-state index is 12.0. The quantitative estimate of drug-likeness (QED) is 0.800. The molecule has 0 radical (unpaired) electrons. The number of aliphatic carboxylic acids is 1. The van der Waals surface area contributed by atoms with Gasteiger partial charge in [-0.3, -0.25) is 18.8 Å². The summed E-state index contributed by atoms with van der Waals surface area (Å²) in [4.78, 5) is 38.1. The third kappa shape index (κ3) is 2.76. The third-order valence-electron chi connectivity index (χ3n) is 2.48. The van der Waals surface area contributed by atoms with Gasteiger partial charge in [-0.25, -0.2) is 4.98 Å². The number of carbonyl (C=O) groups excluding carboxylic acids is 1. The molecule has 0 saturated heterocycles. The minimum absolute atomic E-state index is 0.0366. The van der Waals surface area contributed by atoms with E-state index in [2.05, 4.69) is 10.3 Å². The second-order valence-electron chi connectivity index (χ2n) is 3.81. The van der Waals surface area contributed by atoms with Crippen LogP contribution in [0.3, 0.4) is 0 Å². The average molecular weight is 261 g/mol. The number of rotatable bonds is 4. The predicted octanol–water partition coefficient (Wildman–Crippen LogP) is -0.101. The summed E-state index contributed by atoms with van der Waals surface area (Å²) in [7, 11) is 0. The van der Waals surface area contributed by atoms with Crippen molar-refractivity contribution in [3.63, 3.8) is 0 Å². The first-order chi connectivity index (χ1) is 9.09. The molecule has 2 heterocycles. The smallest absolute Gasteiger partial charge is 0.305 e. The largest absolute Gasteiger partial charge is 0.481 e. The summed E-state index contributed by atoms with van der Waals surface area (Å²) in [6.07, 6.45) is 2.50. The molecule has 0 bridgehead atoms. The van der Waals surface area contributed by atoms with Gasteiger partial charge in [-0.05, 0) is 12.1 Å². The molecule has 0 aliphatic rings. The lowest BCUT2D eigenvalue weighted by Gasteiger charge is -2.04. The molecule has 0 saturated carbocycles. The molecule has 2 aromatic rings. The average Bonchev–Trinajstić information content (AvgIpc) is 2.39. The minimum atomic E-state index is -1.02. The lowest BCUT2D eigenvalue weighted by molar-refractivity contribution is -0.136. The van der Waals surface area contributed by atoms with Gasteiger partial charge in [-0.1, -0.05) is 6.07 Å². The van der Waals surface area contributed by atoms with E-state index in [0.717, 1.165) is 0 Å². The lowest BCUT2D eigenvalue weighted by Crippen LogP contribution is -2.32. The molecule has 1 amide bonds. The lowest BCUT2D eigenvalue weighted by atomic mass is 10.3. The number of nitrogens with one attached hydrogen (secondary N) is 1. The molecule has 2 rings (SSSR count). The molecule has 0 aliphatic carbocycles. The van der Waals surface area contributed by atoms with Crippen LogP contribution in [0.5, 0.6) is 0 Å². The molecule has 0 spiro atoms. The summed E-state index contributed by atoms with van der Waals surface area (Å²) >= 11 is 0. The molecular weight excluding hydrogens is 250 g/mol. The second-order valence-corrected chi connectivity index (χ2v) is 3.81. The topological polar surface area (TPSA) is 101 Å². The number of hydrogen-bond acceptors (Lipinski definition) is 4. The monoisotopic (exact) mass is 261 g/mol. The number of hydrogen-bond donors (Lipinski definition) is 2. The minimum Gasteiger partial charge on any atom is -0.481 e. The van der Waals surface area contributed by atoms with Gasteiger partial charge in [-0.15, -0.1) is 0 Å². The molecule has 7 heteroatoms. The van der Waals surface area contributed by atoms with E-state index in [4.69, 9.17) is 5.11 Å². The van der Waals surface area contributed by atoms with E-state index in [1.807, 2.05) is 0 Å². The Morgan fingerprint density at radius 3 is 2.89 bits per heavy atom. The maximum Gasteiger partial charge on any atom is 0.305 e. The Labute approximate surface area is 107 Å². The number of fused-ring (bicyclic) bond motifs is 1. The van der Waals surface area contributed by atoms with Crippen molar-refractivity contribution in [3.05, 3.63) is 46.5 Å². The van der Waals surface area contributed by atoms with Crippen LogP contribution in [0.4, 0.5) is 0 Å². The molecule has 0 atom stereocenters. The molecule has 98 valence electrons. The summed E-state index contributed by atoms with van der Waals surface area (Å²) in [5, 5.41) is 10.8. The first-order valence-corrected chi connectivity index (χ1v) is 5.56. The molecule has 0 aliphatic heterocycles. The summed E-state index contributed by atoms with van der Waals surface area (Å²) in [5.74, 6) is -1.65. The van der Waals surface area contributed by atoms with Crippen molar-refractivity contribution in [2.75, 3.05) is 6.54 Å². The van der Waals surface area contributed by atoms with Crippen molar-refractivity contribution in [1.29, 1.82) is 0 Å². The Kier molecular flexibility index (Phi) is 3.56. The Hall–Kier alpha value is -2.70. The van der Waals surface area contributed by atoms with Gasteiger partial charge in [0.05, 0.1) is 6.42 Å². The van der Waals surface area contributed by atoms with Gasteiger partial charge >= 0.3 is 5.97 Å². The van der Waals surface area contributed by atoms with Crippen molar-refractivity contribution >= 4 is 17.5 Å². The number of aromatic nitrogens is 2. The highest BCUT2D eigenvalue weighted by Crippen LogP contribution is 1.97. The summed E-state index contributed by atoms with van der Waals surface area (Å²) in [6.45, 7) is -0.0366. The Morgan fingerprint density at radius 2 is 2.16 bits per heavy atom. The molecule has 7 nitrogen and oxygen atoms in total. The Bertz CT molecular complexity index is 693. The van der Waals surface area contributed by atoms with Gasteiger partial charge in [0, 0.05) is 18.9 Å². The van der Waals surface area contributed by atoms with Gasteiger partial charge in [0.2, 0.25) is 0 Å². The summed E-state index contributed by atoms with van der Waals surface area (Å²) in [6, 6.07) is 5.03. The Morgan fingerprint density at radius 1 is 1.37 bits per heavy atom. The molecule has 0 aromatic carbocycles. The van der Waals surface area contributed by atoms with Crippen molar-refractivity contribution in [2.24, 2.45) is 0 Å². The number of carboxylic acids is 1. The zero-order chi connectivity index (χ0) is 13.8. The van der Waals surface area contributed by atoms with Gasteiger partial charge in [0.1, 0.15) is 11.2 Å². The third-order valence-corrected chi connectivity index (χ3v) is 2.48. The van der Waals surface area contributed by atoms with Crippen LogP contribution in [0.15, 0.2) is 35.4 Å². The SMILES string of the molecule is O=C(O)CCNC(=O)c1cnc2ccccn2c1=O. The van der Waals surface area contributed by atoms with Crippen LogP contribution in [-0.4, -0.2) is 32.9 Å². The summed E-state index contributed by atoms with van der Waals surface area (Å²) in [5.41, 5.74) is -0.165. The first kappa shape index (κ1) is 12.7. The molecule has 2 aromatic heterocycles. The van der Waals surface area contributed by atoms with E-state index < -0.39 is 17.4 Å². The summed E-state index contributed by atoms with van der Waals surface area (Å²) < 4.78 is 1.26. The van der Waals surface area contributed by atoms with Crippen LogP contribution >= 0.6 is 0 Å². The van der Waals surface area contributed by atoms with Gasteiger partial charge in [-0.2, -0.15) is 0 Å². The van der Waals surface area contributed by atoms with E-state index in [0.29, 0.717) is 5.65 Å². The molecule has 19 heavy (non-hydrogen) atoms. The highest BCUT2D eigenvalue weighted by atomic mass is 16.4. The molecule has 0 unspecified atom stereocenters. The van der Waals surface area contributed by atoms with Crippen LogP contribution in [-0.2, 0) is 4.79 Å². The van der Waals surface area contributed by atoms with Crippen molar-refractivity contribution in [3.8, 4) is 0 Å². The second kappa shape index (κ2) is 5.30. The fraction of sp³-hybridized carbons (Fsp3) is 0.167. The first-order valence-electron chi connectivity index (χ1n) is 5.56. The van der Waals surface area contributed by atoms with E-state index in [1.54, 1.807) is 18.2 Å². The van der Waals surface area contributed by atoms with Gasteiger partial charge in [0.25, 0.3) is 11.5 Å². The predicted molar refractivity (Wildman–Crippen MR) is 66.0 cm³/mol. The molecular formula is C12H11N3O4. The van der Waals surface area contributed by atoms with Crippen LogP contribution in [0, 0.1) is 0 Å². The highest BCUT2D eigenvalue weighted by Gasteiger charge is 2.12. The number of carbonyl (C=O) groups is 2. The van der Waals surface area contributed by atoms with E-state index in [1.165, 1.54) is 16.8 Å². The van der Waals surface area contributed by atoms with Crippen LogP contribution in [0.2, 0.25) is 0 Å². The standard InChI is InChI=1S/C12H11N3O4/c16-10(17)4-5-13-11(18)8-7-14-9-3-1-2-6-15(9)12(8)19/h1-3,6-7H,4-5H2,(H,13,18)(H,16,17). The highest BCUT2D eigenvalue weighted by molar-refractivity contribution is 5.93. The van der Waals surface area contributed by atoms with Crippen molar-refractivity contribution in [2.45, 2.75) is 6.42 Å². The zero-order valence-electron chi connectivity index (χ0n) is 9.87. The normalized spacial score (nSPS) is 10.3. The van der Waals surface area contributed by atoms with E-state index in [9.17, 15) is 14.4 Å². The zero-order valence-corrected chi connectivity index (χ0v) is 9.87. The number of nitrogens with zero attached hydrogens (tertiary/aromatic N) is 2. The number of pyridine rings is 1.